The Labute approximate surface area is 264 Å². The lowest BCUT2D eigenvalue weighted by Gasteiger charge is -2.12. The van der Waals surface area contributed by atoms with Gasteiger partial charge in [-0.15, -0.1) is 0 Å². The molecule has 0 N–H and O–H groups in total. The number of nitrogens with zero attached hydrogens (tertiary/aromatic N) is 1. The summed E-state index contributed by atoms with van der Waals surface area (Å²) >= 11 is 0. The number of benzene rings is 8. The molecule has 0 fully saturated rings. The minimum absolute atomic E-state index is 0.917. The molecule has 0 atom stereocenters. The first-order chi connectivity index (χ1) is 22.8. The van der Waals surface area contributed by atoms with E-state index in [1.54, 1.807) is 0 Å². The van der Waals surface area contributed by atoms with Crippen LogP contribution in [0.15, 0.2) is 156 Å². The molecule has 0 aliphatic heterocycles. The number of rotatable bonds is 2. The topological polar surface area (TPSA) is 18.1 Å². The number of furan rings is 1. The van der Waals surface area contributed by atoms with E-state index in [0.29, 0.717) is 0 Å². The van der Waals surface area contributed by atoms with Crippen molar-refractivity contribution in [3.63, 3.8) is 0 Å². The van der Waals surface area contributed by atoms with Crippen molar-refractivity contribution in [1.29, 1.82) is 0 Å². The van der Waals surface area contributed by atoms with Crippen molar-refractivity contribution in [2.24, 2.45) is 0 Å². The van der Waals surface area contributed by atoms with Crippen LogP contribution in [0.25, 0.3) is 104 Å². The number of para-hydroxylation sites is 2. The Hall–Kier alpha value is -6.12. The smallest absolute Gasteiger partial charge is 0.143 e. The summed E-state index contributed by atoms with van der Waals surface area (Å²) in [7, 11) is 0. The monoisotopic (exact) mass is 583 g/mol. The highest BCUT2D eigenvalue weighted by molar-refractivity contribution is 6.30. The van der Waals surface area contributed by atoms with Crippen molar-refractivity contribution in [3.05, 3.63) is 152 Å². The molecular weight excluding hydrogens is 558 g/mol. The molecule has 1 aliphatic rings. The summed E-state index contributed by atoms with van der Waals surface area (Å²) in [6.07, 6.45) is 0. The van der Waals surface area contributed by atoms with E-state index in [0.717, 1.165) is 38.8 Å². The van der Waals surface area contributed by atoms with Crippen LogP contribution < -0.4 is 0 Å². The highest BCUT2D eigenvalue weighted by atomic mass is 16.3. The molecule has 2 heteroatoms. The molecule has 8 aromatic carbocycles. The van der Waals surface area contributed by atoms with Gasteiger partial charge in [-0.1, -0.05) is 115 Å². The third kappa shape index (κ3) is 3.10. The summed E-state index contributed by atoms with van der Waals surface area (Å²) in [6, 6.07) is 55.3. The van der Waals surface area contributed by atoms with Gasteiger partial charge in [0.05, 0.1) is 11.0 Å². The average Bonchev–Trinajstić information content (AvgIpc) is 3.76. The summed E-state index contributed by atoms with van der Waals surface area (Å²) < 4.78 is 8.94. The molecule has 212 valence electrons. The summed E-state index contributed by atoms with van der Waals surface area (Å²) in [5, 5.41) is 10.0. The van der Waals surface area contributed by atoms with E-state index in [2.05, 4.69) is 150 Å². The highest BCUT2D eigenvalue weighted by Gasteiger charge is 2.25. The molecule has 0 unspecified atom stereocenters. The molecule has 0 spiro atoms. The number of fused-ring (bicyclic) bond motifs is 11. The van der Waals surface area contributed by atoms with Gasteiger partial charge >= 0.3 is 0 Å². The van der Waals surface area contributed by atoms with Crippen LogP contribution in [0.3, 0.4) is 0 Å². The molecule has 2 heterocycles. The van der Waals surface area contributed by atoms with Crippen LogP contribution >= 0.6 is 0 Å². The molecular formula is C44H25NO. The van der Waals surface area contributed by atoms with Crippen LogP contribution in [0.4, 0.5) is 0 Å². The Balaban J connectivity index is 1.26. The first kappa shape index (κ1) is 24.2. The van der Waals surface area contributed by atoms with E-state index >= 15 is 0 Å². The van der Waals surface area contributed by atoms with E-state index in [4.69, 9.17) is 4.42 Å². The molecule has 0 amide bonds. The molecule has 0 radical (unpaired) electrons. The summed E-state index contributed by atoms with van der Waals surface area (Å²) in [5.41, 5.74) is 12.9. The summed E-state index contributed by atoms with van der Waals surface area (Å²) in [5.74, 6) is 0. The Morgan fingerprint density at radius 1 is 0.391 bits per heavy atom. The van der Waals surface area contributed by atoms with Crippen molar-refractivity contribution in [1.82, 2.24) is 4.57 Å². The van der Waals surface area contributed by atoms with Crippen molar-refractivity contribution < 1.29 is 4.42 Å². The molecule has 11 rings (SSSR count). The Morgan fingerprint density at radius 2 is 1.07 bits per heavy atom. The first-order valence-corrected chi connectivity index (χ1v) is 15.9. The second kappa shape index (κ2) is 8.74. The first-order valence-electron chi connectivity index (χ1n) is 15.9. The second-order valence-electron chi connectivity index (χ2n) is 12.5. The maximum atomic E-state index is 6.47. The third-order valence-corrected chi connectivity index (χ3v) is 10.1. The van der Waals surface area contributed by atoms with E-state index in [1.165, 1.54) is 65.6 Å². The maximum absolute atomic E-state index is 6.47. The van der Waals surface area contributed by atoms with Gasteiger partial charge in [-0.25, -0.2) is 0 Å². The van der Waals surface area contributed by atoms with Gasteiger partial charge in [0.25, 0.3) is 0 Å². The van der Waals surface area contributed by atoms with Crippen molar-refractivity contribution in [2.75, 3.05) is 0 Å². The van der Waals surface area contributed by atoms with E-state index in [9.17, 15) is 0 Å². The average molecular weight is 584 g/mol. The number of hydrogen-bond acceptors (Lipinski definition) is 1. The summed E-state index contributed by atoms with van der Waals surface area (Å²) in [4.78, 5) is 0. The predicted molar refractivity (Wildman–Crippen MR) is 193 cm³/mol. The fraction of sp³-hybridized carbons (Fsp3) is 0. The van der Waals surface area contributed by atoms with Crippen LogP contribution in [-0.4, -0.2) is 4.57 Å². The fourth-order valence-electron chi connectivity index (χ4n) is 8.13. The summed E-state index contributed by atoms with van der Waals surface area (Å²) in [6.45, 7) is 0. The fourth-order valence-corrected chi connectivity index (χ4v) is 8.13. The standard InChI is InChI=1S/C44H25NO/c1-2-11-27-24-39-38(23-26(27)10-1)43-36-20-9-18-34-31-14-3-4-15-32(31)37(42(34)36)25-40(43)45(39)29-13-7-12-28(22-29)30-17-8-19-35-33-16-5-6-21-41(33)46-44(30)35/h1-25H. The Bertz CT molecular complexity index is 2920. The Kier molecular flexibility index (Phi) is 4.61. The maximum Gasteiger partial charge on any atom is 0.143 e. The van der Waals surface area contributed by atoms with Crippen LogP contribution in [0.1, 0.15) is 0 Å². The predicted octanol–water partition coefficient (Wildman–Crippen LogP) is 12.3. The quantitative estimate of drug-likeness (QED) is 0.198. The number of aromatic nitrogens is 1. The van der Waals surface area contributed by atoms with Gasteiger partial charge in [0, 0.05) is 32.8 Å². The van der Waals surface area contributed by atoms with Crippen molar-refractivity contribution in [3.8, 4) is 39.1 Å². The van der Waals surface area contributed by atoms with Crippen LogP contribution in [-0.2, 0) is 0 Å². The van der Waals surface area contributed by atoms with Gasteiger partial charge in [0.15, 0.2) is 0 Å². The van der Waals surface area contributed by atoms with E-state index in [-0.39, 0.29) is 0 Å². The van der Waals surface area contributed by atoms with Crippen LogP contribution in [0, 0.1) is 0 Å². The second-order valence-corrected chi connectivity index (χ2v) is 12.5. The van der Waals surface area contributed by atoms with Gasteiger partial charge in [0.2, 0.25) is 0 Å². The van der Waals surface area contributed by atoms with Gasteiger partial charge in [-0.3, -0.25) is 0 Å². The van der Waals surface area contributed by atoms with Gasteiger partial charge in [-0.2, -0.15) is 0 Å². The zero-order valence-corrected chi connectivity index (χ0v) is 24.8. The molecule has 10 aromatic rings. The normalized spacial score (nSPS) is 12.3. The molecule has 0 bridgehead atoms. The van der Waals surface area contributed by atoms with E-state index in [1.807, 2.05) is 6.07 Å². The number of hydrogen-bond donors (Lipinski definition) is 0. The molecule has 2 aromatic heterocycles. The van der Waals surface area contributed by atoms with Crippen LogP contribution in [0.5, 0.6) is 0 Å². The molecule has 0 saturated heterocycles. The SMILES string of the molecule is c1cc(-c2cccc3c2oc2ccccc23)cc(-n2c3cc4ccccc4cc3c3c4cccc5c4c(cc32)-c2ccccc2-5)c1. The zero-order chi connectivity index (χ0) is 29.9. The van der Waals surface area contributed by atoms with E-state index < -0.39 is 0 Å². The van der Waals surface area contributed by atoms with Crippen molar-refractivity contribution in [2.45, 2.75) is 0 Å². The van der Waals surface area contributed by atoms with Gasteiger partial charge < -0.3 is 8.98 Å². The van der Waals surface area contributed by atoms with Crippen LogP contribution in [0.2, 0.25) is 0 Å². The molecule has 1 aliphatic carbocycles. The molecule has 46 heavy (non-hydrogen) atoms. The lowest BCUT2D eigenvalue weighted by atomic mass is 9.97. The lowest BCUT2D eigenvalue weighted by molar-refractivity contribution is 0.670. The largest absolute Gasteiger partial charge is 0.455 e. The zero-order valence-electron chi connectivity index (χ0n) is 24.8. The highest BCUT2D eigenvalue weighted by Crippen LogP contribution is 2.51. The minimum atomic E-state index is 0.917. The lowest BCUT2D eigenvalue weighted by Crippen LogP contribution is -1.95. The van der Waals surface area contributed by atoms with Gasteiger partial charge in [-0.05, 0) is 85.8 Å². The molecule has 2 nitrogen and oxygen atoms in total. The van der Waals surface area contributed by atoms with Crippen molar-refractivity contribution >= 4 is 65.3 Å². The van der Waals surface area contributed by atoms with Gasteiger partial charge in [0.1, 0.15) is 11.2 Å². The Morgan fingerprint density at radius 3 is 1.96 bits per heavy atom. The minimum Gasteiger partial charge on any atom is -0.455 e. The third-order valence-electron chi connectivity index (χ3n) is 10.1. The molecule has 0 saturated carbocycles.